The second kappa shape index (κ2) is 8.74. The molecule has 0 N–H and O–H groups in total. The summed E-state index contributed by atoms with van der Waals surface area (Å²) in [6.07, 6.45) is 0. The minimum absolute atomic E-state index is 0.651. The molecule has 4 aromatic carbocycles. The van der Waals surface area contributed by atoms with Crippen molar-refractivity contribution in [3.05, 3.63) is 114 Å². The van der Waals surface area contributed by atoms with Crippen molar-refractivity contribution in [1.29, 1.82) is 0 Å². The molecule has 0 bridgehead atoms. The largest absolute Gasteiger partial charge is 0.496 e. The van der Waals surface area contributed by atoms with E-state index in [1.807, 2.05) is 84.9 Å². The summed E-state index contributed by atoms with van der Waals surface area (Å²) in [4.78, 5) is 5.18. The predicted molar refractivity (Wildman–Crippen MR) is 131 cm³/mol. The Morgan fingerprint density at radius 3 is 1.97 bits per heavy atom. The zero-order valence-electron chi connectivity index (χ0n) is 17.6. The molecule has 156 valence electrons. The van der Waals surface area contributed by atoms with Crippen molar-refractivity contribution in [2.45, 2.75) is 0 Å². The summed E-state index contributed by atoms with van der Waals surface area (Å²) >= 11 is 6.73. The third-order valence-electron chi connectivity index (χ3n) is 5.41. The van der Waals surface area contributed by atoms with Crippen molar-refractivity contribution in [2.75, 3.05) is 7.11 Å². The van der Waals surface area contributed by atoms with E-state index in [0.29, 0.717) is 5.02 Å². The Balaban J connectivity index is 1.93. The molecule has 5 aromatic rings. The highest BCUT2D eigenvalue weighted by molar-refractivity contribution is 6.32. The fourth-order valence-electron chi connectivity index (χ4n) is 3.96. The molecule has 1 aromatic heterocycles. The van der Waals surface area contributed by atoms with E-state index >= 15 is 0 Å². The standard InChI is InChI=1S/C28H21ClN2O/c1-32-25-19-11-8-16-22(25)28-30-26(20-12-4-2-5-13-20)27(21-14-6-3-7-15-21)31(28)24-18-10-9-17-23(24)29/h2-19H,1H3. The highest BCUT2D eigenvalue weighted by atomic mass is 35.5. The third-order valence-corrected chi connectivity index (χ3v) is 5.73. The summed E-state index contributed by atoms with van der Waals surface area (Å²) in [6.45, 7) is 0. The highest BCUT2D eigenvalue weighted by Gasteiger charge is 2.24. The molecule has 0 aliphatic heterocycles. The lowest BCUT2D eigenvalue weighted by Gasteiger charge is -2.16. The highest BCUT2D eigenvalue weighted by Crippen LogP contribution is 2.41. The number of para-hydroxylation sites is 2. The van der Waals surface area contributed by atoms with Crippen LogP contribution in [0.4, 0.5) is 0 Å². The van der Waals surface area contributed by atoms with Gasteiger partial charge in [-0.3, -0.25) is 4.57 Å². The number of benzene rings is 4. The summed E-state index contributed by atoms with van der Waals surface area (Å²) in [6, 6.07) is 36.3. The van der Waals surface area contributed by atoms with Crippen LogP contribution in [-0.4, -0.2) is 16.7 Å². The van der Waals surface area contributed by atoms with Crippen molar-refractivity contribution in [3.8, 4) is 45.3 Å². The number of methoxy groups -OCH3 is 1. The molecule has 0 atom stereocenters. The van der Waals surface area contributed by atoms with Crippen LogP contribution >= 0.6 is 11.6 Å². The van der Waals surface area contributed by atoms with Gasteiger partial charge in [0.15, 0.2) is 0 Å². The number of rotatable bonds is 5. The molecule has 0 saturated carbocycles. The molecule has 0 spiro atoms. The van der Waals surface area contributed by atoms with Gasteiger partial charge in [0.25, 0.3) is 0 Å². The van der Waals surface area contributed by atoms with Crippen LogP contribution in [0.25, 0.3) is 39.6 Å². The summed E-state index contributed by atoms with van der Waals surface area (Å²) in [5, 5.41) is 0.651. The SMILES string of the molecule is COc1ccccc1-c1nc(-c2ccccc2)c(-c2ccccc2)n1-c1ccccc1Cl. The second-order valence-corrected chi connectivity index (χ2v) is 7.76. The maximum Gasteiger partial charge on any atom is 0.149 e. The van der Waals surface area contributed by atoms with Crippen LogP contribution in [0.3, 0.4) is 0 Å². The minimum atomic E-state index is 0.651. The summed E-state index contributed by atoms with van der Waals surface area (Å²) in [7, 11) is 1.68. The number of nitrogens with zero attached hydrogens (tertiary/aromatic N) is 2. The Morgan fingerprint density at radius 1 is 0.688 bits per heavy atom. The first-order valence-electron chi connectivity index (χ1n) is 10.4. The van der Waals surface area contributed by atoms with E-state index in [1.165, 1.54) is 0 Å². The smallest absolute Gasteiger partial charge is 0.149 e. The summed E-state index contributed by atoms with van der Waals surface area (Å²) in [5.74, 6) is 1.53. The molecule has 4 heteroatoms. The fourth-order valence-corrected chi connectivity index (χ4v) is 4.18. The van der Waals surface area contributed by atoms with Crippen LogP contribution < -0.4 is 4.74 Å². The van der Waals surface area contributed by atoms with Gasteiger partial charge in [-0.15, -0.1) is 0 Å². The predicted octanol–water partition coefficient (Wildman–Crippen LogP) is 7.54. The van der Waals surface area contributed by atoms with Gasteiger partial charge < -0.3 is 4.74 Å². The van der Waals surface area contributed by atoms with Gasteiger partial charge in [0.05, 0.1) is 34.8 Å². The number of imidazole rings is 1. The lowest BCUT2D eigenvalue weighted by atomic mass is 10.0. The molecule has 0 amide bonds. The van der Waals surface area contributed by atoms with Crippen molar-refractivity contribution in [1.82, 2.24) is 9.55 Å². The van der Waals surface area contributed by atoms with Gasteiger partial charge >= 0.3 is 0 Å². The normalized spacial score (nSPS) is 10.8. The van der Waals surface area contributed by atoms with E-state index in [1.54, 1.807) is 7.11 Å². The number of hydrogen-bond acceptors (Lipinski definition) is 2. The second-order valence-electron chi connectivity index (χ2n) is 7.35. The van der Waals surface area contributed by atoms with Crippen LogP contribution in [0.5, 0.6) is 5.75 Å². The summed E-state index contributed by atoms with van der Waals surface area (Å²) in [5.41, 5.74) is 5.72. The van der Waals surface area contributed by atoms with Crippen LogP contribution in [0.1, 0.15) is 0 Å². The first kappa shape index (κ1) is 20.1. The van der Waals surface area contributed by atoms with Crippen LogP contribution in [-0.2, 0) is 0 Å². The minimum Gasteiger partial charge on any atom is -0.496 e. The number of ether oxygens (including phenoxy) is 1. The first-order chi connectivity index (χ1) is 15.8. The maximum absolute atomic E-state index is 6.73. The molecule has 0 unspecified atom stereocenters. The van der Waals surface area contributed by atoms with E-state index in [0.717, 1.165) is 45.3 Å². The van der Waals surface area contributed by atoms with Gasteiger partial charge in [0, 0.05) is 11.1 Å². The van der Waals surface area contributed by atoms with E-state index in [4.69, 9.17) is 21.3 Å². The first-order valence-corrected chi connectivity index (χ1v) is 10.8. The van der Waals surface area contributed by atoms with Crippen LogP contribution in [0, 0.1) is 0 Å². The Kier molecular flexibility index (Phi) is 5.49. The Morgan fingerprint density at radius 2 is 1.28 bits per heavy atom. The van der Waals surface area contributed by atoms with Gasteiger partial charge in [-0.25, -0.2) is 4.98 Å². The summed E-state index contributed by atoms with van der Waals surface area (Å²) < 4.78 is 7.83. The van der Waals surface area contributed by atoms with Crippen molar-refractivity contribution in [2.24, 2.45) is 0 Å². The van der Waals surface area contributed by atoms with E-state index < -0.39 is 0 Å². The molecule has 0 fully saturated rings. The van der Waals surface area contributed by atoms with Crippen molar-refractivity contribution in [3.63, 3.8) is 0 Å². The monoisotopic (exact) mass is 436 g/mol. The number of halogens is 1. The van der Waals surface area contributed by atoms with Gasteiger partial charge in [0.1, 0.15) is 11.6 Å². The van der Waals surface area contributed by atoms with Gasteiger partial charge in [-0.05, 0) is 24.3 Å². The van der Waals surface area contributed by atoms with Gasteiger partial charge in [0.2, 0.25) is 0 Å². The quantitative estimate of drug-likeness (QED) is 0.284. The lowest BCUT2D eigenvalue weighted by molar-refractivity contribution is 0.416. The Bertz CT molecular complexity index is 1360. The van der Waals surface area contributed by atoms with Gasteiger partial charge in [-0.1, -0.05) is 96.5 Å². The third kappa shape index (κ3) is 3.57. The van der Waals surface area contributed by atoms with Gasteiger partial charge in [-0.2, -0.15) is 0 Å². The average Bonchev–Trinajstić information content (AvgIpc) is 3.25. The molecule has 0 radical (unpaired) electrons. The van der Waals surface area contributed by atoms with E-state index in [9.17, 15) is 0 Å². The Labute approximate surface area is 192 Å². The van der Waals surface area contributed by atoms with E-state index in [-0.39, 0.29) is 0 Å². The van der Waals surface area contributed by atoms with Crippen LogP contribution in [0.15, 0.2) is 109 Å². The zero-order valence-corrected chi connectivity index (χ0v) is 18.3. The molecule has 0 aliphatic rings. The molecular formula is C28H21ClN2O. The zero-order chi connectivity index (χ0) is 21.9. The molecule has 0 saturated heterocycles. The Hall–Kier alpha value is -3.82. The fraction of sp³-hybridized carbons (Fsp3) is 0.0357. The van der Waals surface area contributed by atoms with E-state index in [2.05, 4.69) is 28.8 Å². The molecule has 3 nitrogen and oxygen atoms in total. The molecular weight excluding hydrogens is 416 g/mol. The molecule has 5 rings (SSSR count). The van der Waals surface area contributed by atoms with Crippen molar-refractivity contribution >= 4 is 11.6 Å². The molecule has 1 heterocycles. The lowest BCUT2D eigenvalue weighted by Crippen LogP contribution is -2.02. The molecule has 32 heavy (non-hydrogen) atoms. The topological polar surface area (TPSA) is 27.1 Å². The van der Waals surface area contributed by atoms with Crippen LogP contribution in [0.2, 0.25) is 5.02 Å². The number of aromatic nitrogens is 2. The average molecular weight is 437 g/mol. The molecule has 0 aliphatic carbocycles. The maximum atomic E-state index is 6.73. The van der Waals surface area contributed by atoms with Crippen molar-refractivity contribution < 1.29 is 4.74 Å². The number of hydrogen-bond donors (Lipinski definition) is 0.